The third-order valence-electron chi connectivity index (χ3n) is 7.60. The molecule has 0 radical (unpaired) electrons. The summed E-state index contributed by atoms with van der Waals surface area (Å²) in [6, 6.07) is 4.09. The molecule has 4 rings (SSSR count). The van der Waals surface area contributed by atoms with Crippen LogP contribution >= 0.6 is 0 Å². The highest BCUT2D eigenvalue weighted by atomic mass is 16.6. The van der Waals surface area contributed by atoms with Gasteiger partial charge in [-0.1, -0.05) is 19.0 Å². The lowest BCUT2D eigenvalue weighted by molar-refractivity contribution is -0.126. The van der Waals surface area contributed by atoms with E-state index in [0.29, 0.717) is 24.7 Å². The van der Waals surface area contributed by atoms with Crippen molar-refractivity contribution >= 4 is 12.0 Å². The number of aromatic nitrogens is 4. The van der Waals surface area contributed by atoms with Crippen molar-refractivity contribution in [3.63, 3.8) is 0 Å². The molecule has 0 saturated carbocycles. The van der Waals surface area contributed by atoms with E-state index >= 15 is 0 Å². The van der Waals surface area contributed by atoms with E-state index in [2.05, 4.69) is 29.6 Å². The van der Waals surface area contributed by atoms with Gasteiger partial charge in [-0.15, -0.1) is 0 Å². The number of carbonyl (C=O) groups excluding carboxylic acids is 2. The van der Waals surface area contributed by atoms with Gasteiger partial charge in [-0.25, -0.2) is 4.79 Å². The first kappa shape index (κ1) is 30.3. The van der Waals surface area contributed by atoms with Crippen molar-refractivity contribution in [3.05, 3.63) is 40.1 Å². The molecule has 2 N–H and O–H groups in total. The average Bonchev–Trinajstić information content (AvgIpc) is 3.43. The van der Waals surface area contributed by atoms with Crippen LogP contribution in [0.3, 0.4) is 0 Å². The maximum atomic E-state index is 12.8. The van der Waals surface area contributed by atoms with E-state index in [1.807, 2.05) is 37.7 Å². The fourth-order valence-electron chi connectivity index (χ4n) is 5.35. The van der Waals surface area contributed by atoms with Crippen molar-refractivity contribution in [2.45, 2.75) is 99.1 Å². The summed E-state index contributed by atoms with van der Waals surface area (Å²) in [4.78, 5) is 29.7. The summed E-state index contributed by atoms with van der Waals surface area (Å²) in [5.41, 5.74) is 5.87. The molecular formula is C31H44N6O4. The van der Waals surface area contributed by atoms with Gasteiger partial charge in [0.1, 0.15) is 11.1 Å². The standard InChI is InChI=1S/C31H44N6O4/c1-18-15-20(25-33-26(41-36-25)24-22-11-13-30(6,7)17-23(22)37(10)35-24)16-19(2)21(18)12-14-32-27(38)31(8,9)34-28(39)40-29(3,4)5/h15-16H,11-14,17H2,1-10H3,(H,32,38)(H,34,39). The minimum Gasteiger partial charge on any atom is -0.444 e. The number of nitrogens with zero attached hydrogens (tertiary/aromatic N) is 4. The van der Waals surface area contributed by atoms with E-state index in [4.69, 9.17) is 19.3 Å². The molecule has 222 valence electrons. The van der Waals surface area contributed by atoms with Crippen LogP contribution < -0.4 is 10.6 Å². The molecule has 41 heavy (non-hydrogen) atoms. The summed E-state index contributed by atoms with van der Waals surface area (Å²) in [6.45, 7) is 17.7. The lowest BCUT2D eigenvalue weighted by Crippen LogP contribution is -2.55. The molecule has 0 bridgehead atoms. The Balaban J connectivity index is 1.42. The van der Waals surface area contributed by atoms with Crippen molar-refractivity contribution in [1.82, 2.24) is 30.6 Å². The molecule has 10 heteroatoms. The first-order chi connectivity index (χ1) is 19.0. The highest BCUT2D eigenvalue weighted by molar-refractivity contribution is 5.89. The summed E-state index contributed by atoms with van der Waals surface area (Å²) in [6.07, 6.45) is 3.03. The second kappa shape index (κ2) is 10.9. The van der Waals surface area contributed by atoms with Crippen molar-refractivity contribution in [1.29, 1.82) is 0 Å². The van der Waals surface area contributed by atoms with E-state index in [1.165, 1.54) is 11.3 Å². The van der Waals surface area contributed by atoms with Gasteiger partial charge in [-0.3, -0.25) is 9.48 Å². The summed E-state index contributed by atoms with van der Waals surface area (Å²) >= 11 is 0. The monoisotopic (exact) mass is 564 g/mol. The zero-order valence-corrected chi connectivity index (χ0v) is 26.1. The van der Waals surface area contributed by atoms with Crippen LogP contribution in [0.15, 0.2) is 16.7 Å². The van der Waals surface area contributed by atoms with Crippen LogP contribution in [0, 0.1) is 19.3 Å². The maximum absolute atomic E-state index is 12.8. The molecule has 0 aliphatic heterocycles. The molecule has 2 heterocycles. The van der Waals surface area contributed by atoms with Crippen molar-refractivity contribution < 1.29 is 18.8 Å². The van der Waals surface area contributed by atoms with Gasteiger partial charge >= 0.3 is 6.09 Å². The molecule has 0 atom stereocenters. The predicted octanol–water partition coefficient (Wildman–Crippen LogP) is 5.23. The molecule has 1 aliphatic carbocycles. The fourth-order valence-corrected chi connectivity index (χ4v) is 5.35. The number of ether oxygens (including phenoxy) is 1. The number of alkyl carbamates (subject to hydrolysis) is 1. The largest absolute Gasteiger partial charge is 0.444 e. The van der Waals surface area contributed by atoms with E-state index < -0.39 is 17.2 Å². The van der Waals surface area contributed by atoms with Gasteiger partial charge in [0.05, 0.1) is 0 Å². The van der Waals surface area contributed by atoms with Gasteiger partial charge in [0.2, 0.25) is 11.7 Å². The van der Waals surface area contributed by atoms with E-state index in [1.54, 1.807) is 34.6 Å². The Hall–Kier alpha value is -3.69. The SMILES string of the molecule is Cc1cc(-c2noc(-c3nn(C)c4c3CCC(C)(C)C4)n2)cc(C)c1CCNC(=O)C(C)(C)NC(=O)OC(C)(C)C. The highest BCUT2D eigenvalue weighted by Crippen LogP contribution is 2.38. The van der Waals surface area contributed by atoms with Crippen LogP contribution in [0.5, 0.6) is 0 Å². The summed E-state index contributed by atoms with van der Waals surface area (Å²) in [5, 5.41) is 14.6. The molecule has 2 aromatic heterocycles. The molecule has 0 saturated heterocycles. The Morgan fingerprint density at radius 2 is 1.78 bits per heavy atom. The number of rotatable bonds is 7. The van der Waals surface area contributed by atoms with Crippen molar-refractivity contribution in [2.24, 2.45) is 12.5 Å². The molecular weight excluding hydrogens is 520 g/mol. The fraction of sp³-hybridized carbons (Fsp3) is 0.581. The van der Waals surface area contributed by atoms with Crippen LogP contribution in [0.25, 0.3) is 23.0 Å². The predicted molar refractivity (Wildman–Crippen MR) is 157 cm³/mol. The Labute approximate surface area is 242 Å². The Bertz CT molecular complexity index is 1430. The number of hydrogen-bond acceptors (Lipinski definition) is 7. The number of carbonyl (C=O) groups is 2. The Morgan fingerprint density at radius 1 is 1.12 bits per heavy atom. The number of aryl methyl sites for hydroxylation is 3. The van der Waals surface area contributed by atoms with Gasteiger partial charge in [-0.2, -0.15) is 10.1 Å². The van der Waals surface area contributed by atoms with Crippen molar-refractivity contribution in [3.8, 4) is 23.0 Å². The quantitative estimate of drug-likeness (QED) is 0.403. The zero-order valence-electron chi connectivity index (χ0n) is 26.1. The van der Waals surface area contributed by atoms with Crippen LogP contribution in [0.2, 0.25) is 0 Å². The van der Waals surface area contributed by atoms with Crippen LogP contribution in [0.4, 0.5) is 4.79 Å². The number of benzene rings is 1. The minimum atomic E-state index is -1.12. The minimum absolute atomic E-state index is 0.255. The van der Waals surface area contributed by atoms with Gasteiger partial charge in [0, 0.05) is 30.4 Å². The van der Waals surface area contributed by atoms with Gasteiger partial charge in [-0.05, 0) is 108 Å². The first-order valence-corrected chi connectivity index (χ1v) is 14.2. The van der Waals surface area contributed by atoms with Crippen molar-refractivity contribution in [2.75, 3.05) is 6.54 Å². The number of fused-ring (bicyclic) bond motifs is 1. The molecule has 2 amide bonds. The molecule has 0 fully saturated rings. The molecule has 0 unspecified atom stereocenters. The lowest BCUT2D eigenvalue weighted by Gasteiger charge is -2.29. The van der Waals surface area contributed by atoms with Gasteiger partial charge in [0.25, 0.3) is 5.89 Å². The van der Waals surface area contributed by atoms with Gasteiger partial charge in [0.15, 0.2) is 5.69 Å². The molecule has 10 nitrogen and oxygen atoms in total. The van der Waals surface area contributed by atoms with Crippen LogP contribution in [0.1, 0.15) is 82.8 Å². The molecule has 1 aromatic carbocycles. The number of hydrogen-bond donors (Lipinski definition) is 2. The first-order valence-electron chi connectivity index (χ1n) is 14.2. The van der Waals surface area contributed by atoms with E-state index in [0.717, 1.165) is 47.2 Å². The van der Waals surface area contributed by atoms with E-state index in [9.17, 15) is 9.59 Å². The molecule has 0 spiro atoms. The highest BCUT2D eigenvalue weighted by Gasteiger charge is 2.33. The summed E-state index contributed by atoms with van der Waals surface area (Å²) in [5.74, 6) is 0.688. The molecule has 1 aliphatic rings. The van der Waals surface area contributed by atoms with E-state index in [-0.39, 0.29) is 11.3 Å². The maximum Gasteiger partial charge on any atom is 0.408 e. The van der Waals surface area contributed by atoms with Crippen LogP contribution in [-0.2, 0) is 35.8 Å². The number of amides is 2. The number of nitrogens with one attached hydrogen (secondary N) is 2. The Kier molecular flexibility index (Phi) is 8.08. The third-order valence-corrected chi connectivity index (χ3v) is 7.60. The average molecular weight is 565 g/mol. The van der Waals surface area contributed by atoms with Crippen LogP contribution in [-0.4, -0.2) is 49.6 Å². The van der Waals surface area contributed by atoms with Gasteiger partial charge < -0.3 is 19.9 Å². The zero-order chi connectivity index (χ0) is 30.3. The summed E-state index contributed by atoms with van der Waals surface area (Å²) in [7, 11) is 1.98. The topological polar surface area (TPSA) is 124 Å². The second-order valence-corrected chi connectivity index (χ2v) is 13.5. The lowest BCUT2D eigenvalue weighted by atomic mass is 9.76. The second-order valence-electron chi connectivity index (χ2n) is 13.5. The normalized spacial score (nSPS) is 14.9. The third kappa shape index (κ3) is 6.97. The summed E-state index contributed by atoms with van der Waals surface area (Å²) < 4.78 is 12.9. The molecule has 3 aromatic rings. The Morgan fingerprint density at radius 3 is 2.41 bits per heavy atom. The smallest absolute Gasteiger partial charge is 0.408 e.